The third-order valence-electron chi connectivity index (χ3n) is 2.84. The molecule has 0 saturated carbocycles. The van der Waals surface area contributed by atoms with Crippen molar-refractivity contribution >= 4 is 5.91 Å². The molecular weight excluding hydrogens is 202 g/mol. The number of carbonyl (C=O) groups is 1. The molecule has 0 saturated heterocycles. The van der Waals surface area contributed by atoms with Crippen LogP contribution in [0.15, 0.2) is 0 Å². The molecule has 0 aromatic carbocycles. The SMILES string of the molecule is CCCC(C)CN(C)C(=O)CCCCCO. The Morgan fingerprint density at radius 1 is 1.31 bits per heavy atom. The van der Waals surface area contributed by atoms with E-state index in [1.54, 1.807) is 0 Å². The number of nitrogens with zero attached hydrogens (tertiary/aromatic N) is 1. The minimum absolute atomic E-state index is 0.234. The van der Waals surface area contributed by atoms with E-state index in [9.17, 15) is 4.79 Å². The van der Waals surface area contributed by atoms with Crippen LogP contribution in [0.3, 0.4) is 0 Å². The van der Waals surface area contributed by atoms with Crippen LogP contribution < -0.4 is 0 Å². The normalized spacial score (nSPS) is 12.5. The first-order chi connectivity index (χ1) is 7.61. The molecule has 0 aliphatic carbocycles. The Balaban J connectivity index is 3.64. The van der Waals surface area contributed by atoms with Gasteiger partial charge >= 0.3 is 0 Å². The van der Waals surface area contributed by atoms with E-state index in [0.717, 1.165) is 25.8 Å². The quantitative estimate of drug-likeness (QED) is 0.617. The molecule has 3 nitrogen and oxygen atoms in total. The smallest absolute Gasteiger partial charge is 0.222 e. The molecule has 0 aliphatic rings. The molecular formula is C13H27NO2. The van der Waals surface area contributed by atoms with E-state index in [4.69, 9.17) is 5.11 Å². The monoisotopic (exact) mass is 229 g/mol. The van der Waals surface area contributed by atoms with Gasteiger partial charge in [0.05, 0.1) is 0 Å². The lowest BCUT2D eigenvalue weighted by Gasteiger charge is -2.21. The Bertz CT molecular complexity index is 183. The first-order valence-corrected chi connectivity index (χ1v) is 6.46. The maximum absolute atomic E-state index is 11.7. The van der Waals surface area contributed by atoms with E-state index >= 15 is 0 Å². The molecule has 0 bridgehead atoms. The van der Waals surface area contributed by atoms with Crippen LogP contribution in [0.2, 0.25) is 0 Å². The Morgan fingerprint density at radius 2 is 2.00 bits per heavy atom. The first kappa shape index (κ1) is 15.4. The molecule has 0 spiro atoms. The summed E-state index contributed by atoms with van der Waals surface area (Å²) in [5.41, 5.74) is 0. The minimum atomic E-state index is 0.234. The van der Waals surface area contributed by atoms with Gasteiger partial charge in [0.15, 0.2) is 0 Å². The van der Waals surface area contributed by atoms with E-state index in [1.807, 2.05) is 11.9 Å². The maximum atomic E-state index is 11.7. The molecule has 0 rings (SSSR count). The summed E-state index contributed by atoms with van der Waals surface area (Å²) < 4.78 is 0. The lowest BCUT2D eigenvalue weighted by molar-refractivity contribution is -0.130. The Kier molecular flexibility index (Phi) is 9.30. The molecule has 1 N–H and O–H groups in total. The van der Waals surface area contributed by atoms with Crippen molar-refractivity contribution in [2.75, 3.05) is 20.2 Å². The average molecular weight is 229 g/mol. The summed E-state index contributed by atoms with van der Waals surface area (Å²) in [4.78, 5) is 13.6. The van der Waals surface area contributed by atoms with Gasteiger partial charge in [0.1, 0.15) is 0 Å². The molecule has 1 amide bonds. The fraction of sp³-hybridized carbons (Fsp3) is 0.923. The largest absolute Gasteiger partial charge is 0.396 e. The Hall–Kier alpha value is -0.570. The van der Waals surface area contributed by atoms with Crippen molar-refractivity contribution in [2.45, 2.75) is 52.4 Å². The van der Waals surface area contributed by atoms with Gasteiger partial charge in [-0.25, -0.2) is 0 Å². The van der Waals surface area contributed by atoms with Gasteiger partial charge in [0.2, 0.25) is 5.91 Å². The highest BCUT2D eigenvalue weighted by Gasteiger charge is 2.11. The van der Waals surface area contributed by atoms with Crippen molar-refractivity contribution in [3.05, 3.63) is 0 Å². The number of aliphatic hydroxyl groups is 1. The van der Waals surface area contributed by atoms with E-state index in [-0.39, 0.29) is 12.5 Å². The van der Waals surface area contributed by atoms with Crippen LogP contribution >= 0.6 is 0 Å². The summed E-state index contributed by atoms with van der Waals surface area (Å²) in [7, 11) is 1.89. The third kappa shape index (κ3) is 7.69. The predicted octanol–water partition coefficient (Wildman–Crippen LogP) is 2.43. The van der Waals surface area contributed by atoms with Gasteiger partial charge in [-0.1, -0.05) is 26.7 Å². The number of carbonyl (C=O) groups excluding carboxylic acids is 1. The van der Waals surface area contributed by atoms with Crippen molar-refractivity contribution in [3.8, 4) is 0 Å². The van der Waals surface area contributed by atoms with Crippen molar-refractivity contribution in [1.82, 2.24) is 4.90 Å². The molecule has 1 atom stereocenters. The Labute approximate surface area is 99.8 Å². The zero-order valence-electron chi connectivity index (χ0n) is 11.0. The lowest BCUT2D eigenvalue weighted by atomic mass is 10.1. The van der Waals surface area contributed by atoms with Gasteiger partial charge in [-0.3, -0.25) is 4.79 Å². The van der Waals surface area contributed by atoms with Crippen molar-refractivity contribution in [3.63, 3.8) is 0 Å². The van der Waals surface area contributed by atoms with Crippen LogP contribution in [-0.4, -0.2) is 36.1 Å². The van der Waals surface area contributed by atoms with Gasteiger partial charge in [-0.2, -0.15) is 0 Å². The summed E-state index contributed by atoms with van der Waals surface area (Å²) >= 11 is 0. The molecule has 3 heteroatoms. The lowest BCUT2D eigenvalue weighted by Crippen LogP contribution is -2.30. The van der Waals surface area contributed by atoms with Gasteiger partial charge in [-0.05, 0) is 25.2 Å². The van der Waals surface area contributed by atoms with Crippen molar-refractivity contribution in [2.24, 2.45) is 5.92 Å². The molecule has 96 valence electrons. The number of unbranched alkanes of at least 4 members (excludes halogenated alkanes) is 2. The summed E-state index contributed by atoms with van der Waals surface area (Å²) in [6, 6.07) is 0. The van der Waals surface area contributed by atoms with Gasteiger partial charge < -0.3 is 10.0 Å². The molecule has 16 heavy (non-hydrogen) atoms. The molecule has 0 aliphatic heterocycles. The van der Waals surface area contributed by atoms with E-state index < -0.39 is 0 Å². The zero-order valence-corrected chi connectivity index (χ0v) is 11.0. The highest BCUT2D eigenvalue weighted by Crippen LogP contribution is 2.08. The predicted molar refractivity (Wildman–Crippen MR) is 67.3 cm³/mol. The minimum Gasteiger partial charge on any atom is -0.396 e. The van der Waals surface area contributed by atoms with Crippen LogP contribution in [0, 0.1) is 5.92 Å². The van der Waals surface area contributed by atoms with E-state index in [2.05, 4.69) is 13.8 Å². The average Bonchev–Trinajstić information content (AvgIpc) is 2.24. The number of amides is 1. The second-order valence-corrected chi connectivity index (χ2v) is 4.70. The molecule has 0 heterocycles. The Morgan fingerprint density at radius 3 is 2.56 bits per heavy atom. The van der Waals surface area contributed by atoms with Gasteiger partial charge in [0, 0.05) is 26.6 Å². The number of hydrogen-bond acceptors (Lipinski definition) is 2. The summed E-state index contributed by atoms with van der Waals surface area (Å²) in [6.45, 7) is 5.47. The second kappa shape index (κ2) is 9.64. The van der Waals surface area contributed by atoms with E-state index in [0.29, 0.717) is 12.3 Å². The molecule has 0 aromatic rings. The van der Waals surface area contributed by atoms with Gasteiger partial charge in [0.25, 0.3) is 0 Å². The van der Waals surface area contributed by atoms with Crippen LogP contribution in [0.5, 0.6) is 0 Å². The molecule has 0 radical (unpaired) electrons. The maximum Gasteiger partial charge on any atom is 0.222 e. The summed E-state index contributed by atoms with van der Waals surface area (Å²) in [6.07, 6.45) is 5.63. The highest BCUT2D eigenvalue weighted by molar-refractivity contribution is 5.75. The topological polar surface area (TPSA) is 40.5 Å². The number of hydrogen-bond donors (Lipinski definition) is 1. The molecule has 0 aromatic heterocycles. The van der Waals surface area contributed by atoms with Crippen LogP contribution in [0.25, 0.3) is 0 Å². The van der Waals surface area contributed by atoms with Crippen LogP contribution in [0.1, 0.15) is 52.4 Å². The fourth-order valence-electron chi connectivity index (χ4n) is 1.91. The zero-order chi connectivity index (χ0) is 12.4. The summed E-state index contributed by atoms with van der Waals surface area (Å²) in [5, 5.41) is 8.62. The standard InChI is InChI=1S/C13H27NO2/c1-4-8-12(2)11-14(3)13(16)9-6-5-7-10-15/h12,15H,4-11H2,1-3H3. The molecule has 0 fully saturated rings. The van der Waals surface area contributed by atoms with Crippen LogP contribution in [-0.2, 0) is 4.79 Å². The van der Waals surface area contributed by atoms with Gasteiger partial charge in [-0.15, -0.1) is 0 Å². The first-order valence-electron chi connectivity index (χ1n) is 6.46. The van der Waals surface area contributed by atoms with Crippen LogP contribution in [0.4, 0.5) is 0 Å². The van der Waals surface area contributed by atoms with E-state index in [1.165, 1.54) is 12.8 Å². The number of aliphatic hydroxyl groups excluding tert-OH is 1. The van der Waals surface area contributed by atoms with Crippen molar-refractivity contribution in [1.29, 1.82) is 0 Å². The molecule has 1 unspecified atom stereocenters. The fourth-order valence-corrected chi connectivity index (χ4v) is 1.91. The highest BCUT2D eigenvalue weighted by atomic mass is 16.2. The number of rotatable bonds is 9. The second-order valence-electron chi connectivity index (χ2n) is 4.70. The summed E-state index contributed by atoms with van der Waals surface area (Å²) in [5.74, 6) is 0.831. The third-order valence-corrected chi connectivity index (χ3v) is 2.84. The van der Waals surface area contributed by atoms with Crippen molar-refractivity contribution < 1.29 is 9.90 Å².